The first-order chi connectivity index (χ1) is 14.9. The fraction of sp³-hybridized carbons (Fsp3) is 0.200. The van der Waals surface area contributed by atoms with Crippen LogP contribution in [-0.4, -0.2) is 41.2 Å². The minimum Gasteiger partial charge on any atom is -0.497 e. The van der Waals surface area contributed by atoms with Crippen LogP contribution in [0.3, 0.4) is 0 Å². The molecule has 0 aliphatic rings. The predicted octanol–water partition coefficient (Wildman–Crippen LogP) is 3.28. The lowest BCUT2D eigenvalue weighted by atomic mass is 10.1. The Morgan fingerprint density at radius 2 is 1.77 bits per heavy atom. The van der Waals surface area contributed by atoms with E-state index in [-0.39, 0.29) is 16.3 Å². The van der Waals surface area contributed by atoms with Gasteiger partial charge in [0.1, 0.15) is 10.8 Å². The Kier molecular flexibility index (Phi) is 6.88. The molecule has 31 heavy (non-hydrogen) atoms. The van der Waals surface area contributed by atoms with E-state index in [1.165, 1.54) is 17.4 Å². The molecular weight excluding hydrogens is 424 g/mol. The number of hydrogen-bond acceptors (Lipinski definition) is 9. The molecule has 1 amide bonds. The molecule has 11 heteroatoms. The van der Waals surface area contributed by atoms with Crippen LogP contribution in [0.5, 0.6) is 5.75 Å². The second-order valence-corrected chi connectivity index (χ2v) is 7.38. The maximum Gasteiger partial charge on any atom is 0.338 e. The van der Waals surface area contributed by atoms with Crippen LogP contribution in [0.15, 0.2) is 42.5 Å². The summed E-state index contributed by atoms with van der Waals surface area (Å²) in [5, 5.41) is 22.7. The number of hydrogen-bond donors (Lipinski definition) is 1. The molecule has 0 fully saturated rings. The number of ether oxygens (including phenoxy) is 2. The lowest BCUT2D eigenvalue weighted by molar-refractivity contribution is -0.384. The van der Waals surface area contributed by atoms with E-state index in [0.29, 0.717) is 6.42 Å². The van der Waals surface area contributed by atoms with Gasteiger partial charge in [-0.25, -0.2) is 4.79 Å². The van der Waals surface area contributed by atoms with E-state index in [1.54, 1.807) is 7.11 Å². The quantitative estimate of drug-likeness (QED) is 0.319. The number of nitrogens with one attached hydrogen (secondary N) is 1. The van der Waals surface area contributed by atoms with Gasteiger partial charge in [-0.1, -0.05) is 23.5 Å². The molecule has 0 aliphatic carbocycles. The average molecular weight is 442 g/mol. The van der Waals surface area contributed by atoms with Crippen molar-refractivity contribution in [2.24, 2.45) is 0 Å². The molecule has 0 spiro atoms. The van der Waals surface area contributed by atoms with Gasteiger partial charge in [-0.15, -0.1) is 10.2 Å². The van der Waals surface area contributed by atoms with Gasteiger partial charge in [0.25, 0.3) is 11.6 Å². The molecule has 1 heterocycles. The molecule has 3 aromatic rings. The molecule has 0 bridgehead atoms. The highest BCUT2D eigenvalue weighted by Gasteiger charge is 2.19. The van der Waals surface area contributed by atoms with E-state index < -0.39 is 22.5 Å². The number of nitro benzene ring substituents is 1. The molecule has 160 valence electrons. The number of non-ortho nitro benzene ring substituents is 1. The molecule has 1 aromatic heterocycles. The van der Waals surface area contributed by atoms with Crippen LogP contribution in [0.25, 0.3) is 0 Å². The summed E-state index contributed by atoms with van der Waals surface area (Å²) in [7, 11) is 2.76. The van der Waals surface area contributed by atoms with E-state index in [9.17, 15) is 19.7 Å². The van der Waals surface area contributed by atoms with Crippen LogP contribution in [0, 0.1) is 10.1 Å². The van der Waals surface area contributed by atoms with Crippen molar-refractivity contribution in [1.29, 1.82) is 0 Å². The lowest BCUT2D eigenvalue weighted by Gasteiger charge is -2.04. The molecule has 0 atom stereocenters. The van der Waals surface area contributed by atoms with Crippen LogP contribution < -0.4 is 10.1 Å². The van der Waals surface area contributed by atoms with Crippen molar-refractivity contribution < 1.29 is 24.0 Å². The molecule has 0 saturated heterocycles. The maximum absolute atomic E-state index is 12.5. The van der Waals surface area contributed by atoms with Gasteiger partial charge in [0.2, 0.25) is 5.13 Å². The average Bonchev–Trinajstić information content (AvgIpc) is 3.24. The fourth-order valence-corrected chi connectivity index (χ4v) is 3.44. The highest BCUT2D eigenvalue weighted by Crippen LogP contribution is 2.22. The number of anilines is 1. The number of methoxy groups -OCH3 is 2. The molecule has 0 unspecified atom stereocenters. The molecule has 10 nitrogen and oxygen atoms in total. The summed E-state index contributed by atoms with van der Waals surface area (Å²) in [5.74, 6) is -0.651. The zero-order valence-electron chi connectivity index (χ0n) is 16.7. The van der Waals surface area contributed by atoms with Crippen molar-refractivity contribution in [1.82, 2.24) is 10.2 Å². The molecule has 3 rings (SSSR count). The summed E-state index contributed by atoms with van der Waals surface area (Å²) in [5.41, 5.74) is 0.544. The van der Waals surface area contributed by atoms with Crippen LogP contribution in [-0.2, 0) is 17.6 Å². The third-order valence-corrected chi connectivity index (χ3v) is 5.18. The summed E-state index contributed by atoms with van der Waals surface area (Å²) < 4.78 is 9.72. The maximum atomic E-state index is 12.5. The molecular formula is C20H18N4O6S. The third kappa shape index (κ3) is 5.60. The van der Waals surface area contributed by atoms with Crippen molar-refractivity contribution in [3.05, 3.63) is 74.3 Å². The van der Waals surface area contributed by atoms with Crippen LogP contribution in [0.2, 0.25) is 0 Å². The second-order valence-electron chi connectivity index (χ2n) is 6.32. The van der Waals surface area contributed by atoms with E-state index in [0.717, 1.165) is 42.0 Å². The minimum atomic E-state index is -0.783. The molecule has 0 aliphatic heterocycles. The zero-order chi connectivity index (χ0) is 22.4. The number of rotatable bonds is 8. The number of benzene rings is 2. The summed E-state index contributed by atoms with van der Waals surface area (Å²) >= 11 is 1.20. The first kappa shape index (κ1) is 21.8. The summed E-state index contributed by atoms with van der Waals surface area (Å²) in [4.78, 5) is 34.7. The number of nitrogens with zero attached hydrogens (tertiary/aromatic N) is 3. The lowest BCUT2D eigenvalue weighted by Crippen LogP contribution is -2.14. The number of aromatic nitrogens is 2. The Bertz CT molecular complexity index is 1110. The highest BCUT2D eigenvalue weighted by molar-refractivity contribution is 7.15. The Balaban J connectivity index is 1.68. The van der Waals surface area contributed by atoms with Crippen LogP contribution in [0.1, 0.15) is 31.3 Å². The topological polar surface area (TPSA) is 134 Å². The van der Waals surface area contributed by atoms with Gasteiger partial charge < -0.3 is 9.47 Å². The smallest absolute Gasteiger partial charge is 0.338 e. The van der Waals surface area contributed by atoms with E-state index in [1.807, 2.05) is 24.3 Å². The monoisotopic (exact) mass is 442 g/mol. The molecule has 1 N–H and O–H groups in total. The SMILES string of the molecule is COC(=O)c1cc(C(=O)Nc2nnc(CCc3ccc(OC)cc3)s2)cc([N+](=O)[O-])c1. The number of carbonyl (C=O) groups excluding carboxylic acids is 2. The summed E-state index contributed by atoms with van der Waals surface area (Å²) in [6.07, 6.45) is 1.36. The molecule has 0 saturated carbocycles. The first-order valence-electron chi connectivity index (χ1n) is 9.04. The van der Waals surface area contributed by atoms with E-state index in [4.69, 9.17) is 4.74 Å². The second kappa shape index (κ2) is 9.76. The number of amides is 1. The Hall–Kier alpha value is -3.86. The first-order valence-corrected chi connectivity index (χ1v) is 9.85. The van der Waals surface area contributed by atoms with Crippen molar-refractivity contribution in [3.63, 3.8) is 0 Å². The van der Waals surface area contributed by atoms with Gasteiger partial charge in [-0.2, -0.15) is 0 Å². The Morgan fingerprint density at radius 1 is 1.06 bits per heavy atom. The van der Waals surface area contributed by atoms with Gasteiger partial charge >= 0.3 is 5.97 Å². The Morgan fingerprint density at radius 3 is 2.42 bits per heavy atom. The summed E-state index contributed by atoms with van der Waals surface area (Å²) in [6.45, 7) is 0. The number of nitro groups is 1. The normalized spacial score (nSPS) is 10.4. The van der Waals surface area contributed by atoms with Crippen LogP contribution in [0.4, 0.5) is 10.8 Å². The zero-order valence-corrected chi connectivity index (χ0v) is 17.5. The third-order valence-electron chi connectivity index (χ3n) is 4.29. The number of aryl methyl sites for hydroxylation is 2. The fourth-order valence-electron chi connectivity index (χ4n) is 2.70. The largest absolute Gasteiger partial charge is 0.497 e. The van der Waals surface area contributed by atoms with Gasteiger partial charge in [-0.3, -0.25) is 20.2 Å². The molecule has 0 radical (unpaired) electrons. The van der Waals surface area contributed by atoms with Crippen molar-refractivity contribution in [3.8, 4) is 5.75 Å². The predicted molar refractivity (Wildman–Crippen MR) is 113 cm³/mol. The van der Waals surface area contributed by atoms with E-state index >= 15 is 0 Å². The van der Waals surface area contributed by atoms with E-state index in [2.05, 4.69) is 20.3 Å². The van der Waals surface area contributed by atoms with Gasteiger partial charge in [-0.05, 0) is 30.2 Å². The number of esters is 1. The van der Waals surface area contributed by atoms with Crippen molar-refractivity contribution in [2.75, 3.05) is 19.5 Å². The minimum absolute atomic E-state index is 0.0652. The van der Waals surface area contributed by atoms with Gasteiger partial charge in [0.15, 0.2) is 0 Å². The van der Waals surface area contributed by atoms with Gasteiger partial charge in [0, 0.05) is 24.1 Å². The highest BCUT2D eigenvalue weighted by atomic mass is 32.1. The van der Waals surface area contributed by atoms with Crippen molar-refractivity contribution >= 4 is 34.0 Å². The standard InChI is InChI=1S/C20H18N4O6S/c1-29-16-6-3-12(4-7-16)5-8-17-22-23-20(31-17)21-18(25)13-9-14(19(26)30-2)11-15(10-13)24(27)28/h3-4,6-7,9-11H,5,8H2,1-2H3,(H,21,23,25). The summed E-state index contributed by atoms with van der Waals surface area (Å²) in [6, 6.07) is 11.0. The molecule has 2 aromatic carbocycles. The van der Waals surface area contributed by atoms with Crippen molar-refractivity contribution in [2.45, 2.75) is 12.8 Å². The Labute approximate surface area is 181 Å². The number of carbonyl (C=O) groups is 2. The van der Waals surface area contributed by atoms with Gasteiger partial charge in [0.05, 0.1) is 24.7 Å². The van der Waals surface area contributed by atoms with Crippen LogP contribution >= 0.6 is 11.3 Å².